The number of likely N-dealkylation sites (N-methyl/N-ethyl adjacent to an activating group) is 1. The van der Waals surface area contributed by atoms with Gasteiger partial charge in [-0.1, -0.05) is 0 Å². The van der Waals surface area contributed by atoms with Gasteiger partial charge in [-0.3, -0.25) is 9.59 Å². The van der Waals surface area contributed by atoms with Crippen molar-refractivity contribution in [2.45, 2.75) is 13.8 Å². The van der Waals surface area contributed by atoms with Crippen molar-refractivity contribution in [2.24, 2.45) is 0 Å². The maximum absolute atomic E-state index is 11.5. The largest absolute Gasteiger partial charge is 0.480 e. The number of hydrogen-bond donors (Lipinski definition) is 2. The molecule has 7 nitrogen and oxygen atoms in total. The summed E-state index contributed by atoms with van der Waals surface area (Å²) in [6.45, 7) is 3.87. The van der Waals surface area contributed by atoms with Crippen molar-refractivity contribution in [3.8, 4) is 0 Å². The molecule has 0 aliphatic rings. The first-order valence-electron chi connectivity index (χ1n) is 5.35. The van der Waals surface area contributed by atoms with Gasteiger partial charge >= 0.3 is 5.97 Å². The SMILES string of the molecule is CCN(CC)C(=O)CNC(=O)COCC(=O)O. The number of hydrogen-bond acceptors (Lipinski definition) is 4. The van der Waals surface area contributed by atoms with Crippen LogP contribution in [0.1, 0.15) is 13.8 Å². The molecule has 2 amide bonds. The van der Waals surface area contributed by atoms with E-state index in [0.717, 1.165) is 0 Å². The van der Waals surface area contributed by atoms with Crippen molar-refractivity contribution in [1.29, 1.82) is 0 Å². The molecule has 2 N–H and O–H groups in total. The predicted molar refractivity (Wildman–Crippen MR) is 59.4 cm³/mol. The summed E-state index contributed by atoms with van der Waals surface area (Å²) in [5.41, 5.74) is 0. The second-order valence-electron chi connectivity index (χ2n) is 3.23. The van der Waals surface area contributed by atoms with Crippen LogP contribution in [0.2, 0.25) is 0 Å². The van der Waals surface area contributed by atoms with Gasteiger partial charge in [-0.25, -0.2) is 4.79 Å². The molecule has 0 fully saturated rings. The number of nitrogens with zero attached hydrogens (tertiary/aromatic N) is 1. The summed E-state index contributed by atoms with van der Waals surface area (Å²) in [4.78, 5) is 34.3. The molecular weight excluding hydrogens is 228 g/mol. The smallest absolute Gasteiger partial charge is 0.329 e. The third-order valence-electron chi connectivity index (χ3n) is 2.01. The molecule has 7 heteroatoms. The van der Waals surface area contributed by atoms with E-state index >= 15 is 0 Å². The number of carboxylic acids is 1. The minimum Gasteiger partial charge on any atom is -0.480 e. The summed E-state index contributed by atoms with van der Waals surface area (Å²) in [5.74, 6) is -1.83. The second-order valence-corrected chi connectivity index (χ2v) is 3.23. The number of carbonyl (C=O) groups is 3. The van der Waals surface area contributed by atoms with Gasteiger partial charge in [0.1, 0.15) is 13.2 Å². The van der Waals surface area contributed by atoms with Crippen molar-refractivity contribution in [1.82, 2.24) is 10.2 Å². The van der Waals surface area contributed by atoms with Crippen molar-refractivity contribution >= 4 is 17.8 Å². The van der Waals surface area contributed by atoms with E-state index in [1.165, 1.54) is 0 Å². The van der Waals surface area contributed by atoms with Crippen LogP contribution in [0.15, 0.2) is 0 Å². The molecule has 0 aromatic rings. The lowest BCUT2D eigenvalue weighted by Gasteiger charge is -2.18. The molecule has 0 aromatic carbocycles. The van der Waals surface area contributed by atoms with Crippen LogP contribution >= 0.6 is 0 Å². The summed E-state index contributed by atoms with van der Waals surface area (Å²) in [5, 5.41) is 10.6. The summed E-state index contributed by atoms with van der Waals surface area (Å²) in [6, 6.07) is 0. The summed E-state index contributed by atoms with van der Waals surface area (Å²) in [6.07, 6.45) is 0. The first-order chi connectivity index (χ1) is 8.01. The third-order valence-corrected chi connectivity index (χ3v) is 2.01. The Balaban J connectivity index is 3.76. The number of carbonyl (C=O) groups excluding carboxylic acids is 2. The summed E-state index contributed by atoms with van der Waals surface area (Å²) in [7, 11) is 0. The van der Waals surface area contributed by atoms with Crippen molar-refractivity contribution in [3.63, 3.8) is 0 Å². The highest BCUT2D eigenvalue weighted by molar-refractivity contribution is 5.85. The minimum atomic E-state index is -1.14. The highest BCUT2D eigenvalue weighted by atomic mass is 16.5. The molecule has 0 rings (SSSR count). The highest BCUT2D eigenvalue weighted by Crippen LogP contribution is 1.87. The molecular formula is C10H18N2O5. The van der Waals surface area contributed by atoms with Gasteiger partial charge in [0.05, 0.1) is 6.54 Å². The zero-order valence-electron chi connectivity index (χ0n) is 10.1. The molecule has 0 unspecified atom stereocenters. The van der Waals surface area contributed by atoms with E-state index in [1.807, 2.05) is 13.8 Å². The van der Waals surface area contributed by atoms with E-state index in [-0.39, 0.29) is 19.1 Å². The van der Waals surface area contributed by atoms with Gasteiger partial charge < -0.3 is 20.1 Å². The Hall–Kier alpha value is -1.63. The number of rotatable bonds is 8. The Morgan fingerprint density at radius 1 is 1.18 bits per heavy atom. The van der Waals surface area contributed by atoms with E-state index in [2.05, 4.69) is 10.1 Å². The molecule has 0 spiro atoms. The van der Waals surface area contributed by atoms with Gasteiger partial charge in [0.25, 0.3) is 0 Å². The van der Waals surface area contributed by atoms with Crippen molar-refractivity contribution in [2.75, 3.05) is 32.8 Å². The second kappa shape index (κ2) is 8.51. The maximum Gasteiger partial charge on any atom is 0.329 e. The fourth-order valence-electron chi connectivity index (χ4n) is 1.14. The van der Waals surface area contributed by atoms with Gasteiger partial charge in [-0.15, -0.1) is 0 Å². The van der Waals surface area contributed by atoms with E-state index in [1.54, 1.807) is 4.90 Å². The Kier molecular flexibility index (Phi) is 7.70. The number of aliphatic carboxylic acids is 1. The molecule has 0 saturated carbocycles. The zero-order valence-corrected chi connectivity index (χ0v) is 10.1. The van der Waals surface area contributed by atoms with Crippen molar-refractivity contribution < 1.29 is 24.2 Å². The average Bonchev–Trinajstić information content (AvgIpc) is 2.27. The minimum absolute atomic E-state index is 0.100. The quantitative estimate of drug-likeness (QED) is 0.577. The van der Waals surface area contributed by atoms with Crippen LogP contribution in [0.25, 0.3) is 0 Å². The van der Waals surface area contributed by atoms with Crippen LogP contribution in [0.5, 0.6) is 0 Å². The predicted octanol–water partition coefficient (Wildman–Crippen LogP) is -0.928. The fourth-order valence-corrected chi connectivity index (χ4v) is 1.14. The van der Waals surface area contributed by atoms with E-state index in [0.29, 0.717) is 13.1 Å². The third kappa shape index (κ3) is 7.29. The lowest BCUT2D eigenvalue weighted by molar-refractivity contribution is -0.144. The summed E-state index contributed by atoms with van der Waals surface area (Å²) < 4.78 is 4.57. The Morgan fingerprint density at radius 2 is 1.76 bits per heavy atom. The van der Waals surface area contributed by atoms with E-state index < -0.39 is 18.5 Å². The van der Waals surface area contributed by atoms with Crippen LogP contribution in [-0.4, -0.2) is 60.6 Å². The number of nitrogens with one attached hydrogen (secondary N) is 1. The lowest BCUT2D eigenvalue weighted by Crippen LogP contribution is -2.41. The zero-order chi connectivity index (χ0) is 13.3. The van der Waals surface area contributed by atoms with Gasteiger partial charge in [0.2, 0.25) is 11.8 Å². The van der Waals surface area contributed by atoms with E-state index in [9.17, 15) is 14.4 Å². The van der Waals surface area contributed by atoms with Crippen LogP contribution in [0, 0.1) is 0 Å². The molecule has 0 atom stereocenters. The highest BCUT2D eigenvalue weighted by Gasteiger charge is 2.11. The normalized spacial score (nSPS) is 9.76. The van der Waals surface area contributed by atoms with Crippen LogP contribution in [0.3, 0.4) is 0 Å². The molecule has 0 bridgehead atoms. The van der Waals surface area contributed by atoms with Gasteiger partial charge in [-0.2, -0.15) is 0 Å². The van der Waals surface area contributed by atoms with Gasteiger partial charge in [0, 0.05) is 13.1 Å². The molecule has 0 aliphatic carbocycles. The molecule has 0 heterocycles. The maximum atomic E-state index is 11.5. The number of carboxylic acid groups (broad SMARTS) is 1. The monoisotopic (exact) mass is 246 g/mol. The number of amides is 2. The molecule has 17 heavy (non-hydrogen) atoms. The molecule has 98 valence electrons. The first kappa shape index (κ1) is 15.4. The molecule has 0 saturated heterocycles. The van der Waals surface area contributed by atoms with Gasteiger partial charge in [-0.05, 0) is 13.8 Å². The van der Waals surface area contributed by atoms with Crippen LogP contribution < -0.4 is 5.32 Å². The Labute approximate surface area is 99.7 Å². The van der Waals surface area contributed by atoms with Crippen LogP contribution in [-0.2, 0) is 19.1 Å². The van der Waals surface area contributed by atoms with E-state index in [4.69, 9.17) is 5.11 Å². The summed E-state index contributed by atoms with van der Waals surface area (Å²) >= 11 is 0. The topological polar surface area (TPSA) is 95.9 Å². The van der Waals surface area contributed by atoms with Gasteiger partial charge in [0.15, 0.2) is 0 Å². The fraction of sp³-hybridized carbons (Fsp3) is 0.700. The molecule has 0 aromatic heterocycles. The Morgan fingerprint density at radius 3 is 2.24 bits per heavy atom. The number of ether oxygens (including phenoxy) is 1. The van der Waals surface area contributed by atoms with Crippen LogP contribution in [0.4, 0.5) is 0 Å². The molecule has 0 radical (unpaired) electrons. The lowest BCUT2D eigenvalue weighted by atomic mass is 10.4. The average molecular weight is 246 g/mol. The molecule has 0 aliphatic heterocycles. The van der Waals surface area contributed by atoms with Crippen molar-refractivity contribution in [3.05, 3.63) is 0 Å². The standard InChI is InChI=1S/C10H18N2O5/c1-3-12(4-2)9(14)5-11-8(13)6-17-7-10(15)16/h3-7H2,1-2H3,(H,11,13)(H,15,16). The Bertz CT molecular complexity index is 276. The first-order valence-corrected chi connectivity index (χ1v) is 5.35.